The summed E-state index contributed by atoms with van der Waals surface area (Å²) in [6.07, 6.45) is 20.8. The molecule has 0 aromatic heterocycles. The Morgan fingerprint density at radius 1 is 0.704 bits per heavy atom. The lowest BCUT2D eigenvalue weighted by Crippen LogP contribution is -2.33. The Kier molecular flexibility index (Phi) is 16.1. The molecule has 0 aliphatic rings. The van der Waals surface area contributed by atoms with E-state index >= 15 is 0 Å². The molecule has 0 amide bonds. The number of rotatable bonds is 16. The minimum absolute atomic E-state index is 0. The molecule has 2 heteroatoms. The van der Waals surface area contributed by atoms with Gasteiger partial charge in [-0.25, -0.2) is 0 Å². The van der Waals surface area contributed by atoms with Gasteiger partial charge in [-0.2, -0.15) is 0 Å². The molecule has 1 unspecified atom stereocenters. The highest BCUT2D eigenvalue weighted by molar-refractivity contribution is 5.85. The summed E-state index contributed by atoms with van der Waals surface area (Å²) >= 11 is 0. The van der Waals surface area contributed by atoms with Gasteiger partial charge in [0, 0.05) is 5.54 Å². The number of halogens is 1. The van der Waals surface area contributed by atoms with Crippen molar-refractivity contribution in [3.05, 3.63) is 35.4 Å². The first kappa shape index (κ1) is 26.5. The van der Waals surface area contributed by atoms with Crippen LogP contribution in [0.2, 0.25) is 0 Å². The molecule has 0 aliphatic carbocycles. The van der Waals surface area contributed by atoms with E-state index in [1.807, 2.05) is 0 Å². The van der Waals surface area contributed by atoms with Crippen molar-refractivity contribution in [3.63, 3.8) is 0 Å². The van der Waals surface area contributed by atoms with E-state index in [2.05, 4.69) is 45.0 Å². The summed E-state index contributed by atoms with van der Waals surface area (Å²) in [5.41, 5.74) is 9.04. The summed E-state index contributed by atoms with van der Waals surface area (Å²) < 4.78 is 0. The molecular formula is C25H46ClN. The Morgan fingerprint density at radius 2 is 1.11 bits per heavy atom. The number of hydrogen-bond donors (Lipinski definition) is 1. The van der Waals surface area contributed by atoms with Crippen molar-refractivity contribution in [1.82, 2.24) is 0 Å². The van der Waals surface area contributed by atoms with Crippen molar-refractivity contribution in [2.75, 3.05) is 0 Å². The van der Waals surface area contributed by atoms with E-state index < -0.39 is 0 Å². The van der Waals surface area contributed by atoms with E-state index in [1.54, 1.807) is 0 Å². The summed E-state index contributed by atoms with van der Waals surface area (Å²) in [6.45, 7) is 6.65. The largest absolute Gasteiger partial charge is 0.322 e. The van der Waals surface area contributed by atoms with Crippen LogP contribution < -0.4 is 5.73 Å². The molecule has 2 N–H and O–H groups in total. The van der Waals surface area contributed by atoms with Gasteiger partial charge in [0.1, 0.15) is 0 Å². The molecule has 0 radical (unpaired) electrons. The van der Waals surface area contributed by atoms with Gasteiger partial charge in [0.25, 0.3) is 0 Å². The van der Waals surface area contributed by atoms with Gasteiger partial charge >= 0.3 is 0 Å². The first-order valence-electron chi connectivity index (χ1n) is 11.4. The molecule has 1 atom stereocenters. The Morgan fingerprint density at radius 3 is 1.56 bits per heavy atom. The average molecular weight is 396 g/mol. The normalized spacial score (nSPS) is 13.2. The summed E-state index contributed by atoms with van der Waals surface area (Å²) in [6, 6.07) is 8.57. The second-order valence-electron chi connectivity index (χ2n) is 8.58. The zero-order chi connectivity index (χ0) is 19.1. The van der Waals surface area contributed by atoms with Crippen LogP contribution in [0.15, 0.2) is 24.3 Å². The zero-order valence-electron chi connectivity index (χ0n) is 18.4. The standard InChI is InChI=1S/C25H45N.ClH/c1-4-5-6-7-8-9-10-11-12-13-14-15-16-19-22-25(3,26)24-21-18-17-20-23(24)2;/h17-18,20-21H,4-16,19,22,26H2,1-3H3;1H. The monoisotopic (exact) mass is 395 g/mol. The van der Waals surface area contributed by atoms with Crippen molar-refractivity contribution in [3.8, 4) is 0 Å². The fourth-order valence-electron chi connectivity index (χ4n) is 4.04. The van der Waals surface area contributed by atoms with Gasteiger partial charge in [-0.3, -0.25) is 0 Å². The van der Waals surface area contributed by atoms with E-state index in [0.717, 1.165) is 6.42 Å². The molecule has 0 bridgehead atoms. The van der Waals surface area contributed by atoms with Gasteiger partial charge in [0.2, 0.25) is 0 Å². The lowest BCUT2D eigenvalue weighted by Gasteiger charge is -2.27. The molecule has 0 aliphatic heterocycles. The molecule has 0 heterocycles. The van der Waals surface area contributed by atoms with Crippen LogP contribution in [0, 0.1) is 6.92 Å². The quantitative estimate of drug-likeness (QED) is 0.279. The van der Waals surface area contributed by atoms with E-state index in [4.69, 9.17) is 5.73 Å². The van der Waals surface area contributed by atoms with Crippen LogP contribution in [0.4, 0.5) is 0 Å². The number of hydrogen-bond acceptors (Lipinski definition) is 1. The summed E-state index contributed by atoms with van der Waals surface area (Å²) in [5.74, 6) is 0. The molecule has 1 rings (SSSR count). The van der Waals surface area contributed by atoms with Gasteiger partial charge in [-0.15, -0.1) is 12.4 Å². The third-order valence-electron chi connectivity index (χ3n) is 5.81. The second kappa shape index (κ2) is 16.4. The molecule has 0 spiro atoms. The van der Waals surface area contributed by atoms with Crippen molar-refractivity contribution in [2.45, 2.75) is 123 Å². The molecule has 0 saturated heterocycles. The Bertz CT molecular complexity index is 455. The van der Waals surface area contributed by atoms with Crippen molar-refractivity contribution in [1.29, 1.82) is 0 Å². The third-order valence-corrected chi connectivity index (χ3v) is 5.81. The minimum atomic E-state index is -0.178. The fraction of sp³-hybridized carbons (Fsp3) is 0.760. The van der Waals surface area contributed by atoms with Crippen LogP contribution in [-0.2, 0) is 5.54 Å². The van der Waals surface area contributed by atoms with Crippen molar-refractivity contribution in [2.24, 2.45) is 5.73 Å². The summed E-state index contributed by atoms with van der Waals surface area (Å²) in [7, 11) is 0. The Labute approximate surface area is 176 Å². The smallest absolute Gasteiger partial charge is 0.0383 e. The fourth-order valence-corrected chi connectivity index (χ4v) is 4.04. The van der Waals surface area contributed by atoms with Crippen LogP contribution in [-0.4, -0.2) is 0 Å². The maximum absolute atomic E-state index is 6.59. The van der Waals surface area contributed by atoms with Gasteiger partial charge < -0.3 is 5.73 Å². The van der Waals surface area contributed by atoms with Crippen LogP contribution in [0.1, 0.15) is 121 Å². The Balaban J connectivity index is 0.00000676. The molecule has 1 aromatic carbocycles. The molecule has 27 heavy (non-hydrogen) atoms. The van der Waals surface area contributed by atoms with Crippen LogP contribution >= 0.6 is 12.4 Å². The lowest BCUT2D eigenvalue weighted by atomic mass is 9.85. The molecule has 1 nitrogen and oxygen atoms in total. The SMILES string of the molecule is CCCCCCCCCCCCCCCCC(C)(N)c1ccccc1C.Cl. The van der Waals surface area contributed by atoms with Gasteiger partial charge in [-0.1, -0.05) is 121 Å². The van der Waals surface area contributed by atoms with Gasteiger partial charge in [0.05, 0.1) is 0 Å². The van der Waals surface area contributed by atoms with Crippen LogP contribution in [0.25, 0.3) is 0 Å². The molecule has 1 aromatic rings. The number of nitrogens with two attached hydrogens (primary N) is 1. The number of aryl methyl sites for hydroxylation is 1. The third kappa shape index (κ3) is 12.5. The minimum Gasteiger partial charge on any atom is -0.322 e. The maximum Gasteiger partial charge on any atom is 0.0383 e. The Hall–Kier alpha value is -0.530. The van der Waals surface area contributed by atoms with Crippen LogP contribution in [0.5, 0.6) is 0 Å². The first-order chi connectivity index (χ1) is 12.6. The lowest BCUT2D eigenvalue weighted by molar-refractivity contribution is 0.418. The highest BCUT2D eigenvalue weighted by Gasteiger charge is 2.21. The topological polar surface area (TPSA) is 26.0 Å². The zero-order valence-corrected chi connectivity index (χ0v) is 19.2. The average Bonchev–Trinajstić information content (AvgIpc) is 2.62. The molecule has 0 saturated carbocycles. The predicted octanol–water partition coefficient (Wildman–Crippen LogP) is 8.46. The summed E-state index contributed by atoms with van der Waals surface area (Å²) in [4.78, 5) is 0. The number of unbranched alkanes of at least 4 members (excludes halogenated alkanes) is 13. The summed E-state index contributed by atoms with van der Waals surface area (Å²) in [5, 5.41) is 0. The second-order valence-corrected chi connectivity index (χ2v) is 8.58. The molecular weight excluding hydrogens is 350 g/mol. The van der Waals surface area contributed by atoms with Gasteiger partial charge in [0.15, 0.2) is 0 Å². The van der Waals surface area contributed by atoms with Crippen molar-refractivity contribution < 1.29 is 0 Å². The van der Waals surface area contributed by atoms with Gasteiger partial charge in [-0.05, 0) is 31.4 Å². The molecule has 0 fully saturated rings. The highest BCUT2D eigenvalue weighted by Crippen LogP contribution is 2.27. The van der Waals surface area contributed by atoms with Crippen molar-refractivity contribution >= 4 is 12.4 Å². The maximum atomic E-state index is 6.59. The van der Waals surface area contributed by atoms with E-state index in [9.17, 15) is 0 Å². The highest BCUT2D eigenvalue weighted by atomic mass is 35.5. The first-order valence-corrected chi connectivity index (χ1v) is 11.4. The molecule has 158 valence electrons. The van der Waals surface area contributed by atoms with E-state index in [0.29, 0.717) is 0 Å². The number of benzene rings is 1. The predicted molar refractivity (Wildman–Crippen MR) is 125 cm³/mol. The van der Waals surface area contributed by atoms with E-state index in [1.165, 1.54) is 101 Å². The van der Waals surface area contributed by atoms with Crippen LogP contribution in [0.3, 0.4) is 0 Å². The van der Waals surface area contributed by atoms with E-state index in [-0.39, 0.29) is 17.9 Å².